The van der Waals surface area contributed by atoms with Crippen LogP contribution in [0.15, 0.2) is 12.3 Å². The minimum absolute atomic E-state index is 0.117. The predicted octanol–water partition coefficient (Wildman–Crippen LogP) is 2.19. The Hall–Kier alpha value is -1.03. The summed E-state index contributed by atoms with van der Waals surface area (Å²) in [6.07, 6.45) is 11.9. The van der Waals surface area contributed by atoms with Crippen LogP contribution in [0.25, 0.3) is 0 Å². The van der Waals surface area contributed by atoms with Gasteiger partial charge in [-0.15, -0.1) is 0 Å². The zero-order valence-electron chi connectivity index (χ0n) is 11.6. The summed E-state index contributed by atoms with van der Waals surface area (Å²) in [6, 6.07) is 0. The molecule has 0 saturated carbocycles. The Labute approximate surface area is 111 Å². The van der Waals surface area contributed by atoms with Crippen molar-refractivity contribution in [1.82, 2.24) is 15.8 Å². The van der Waals surface area contributed by atoms with Crippen molar-refractivity contribution in [3.8, 4) is 0 Å². The summed E-state index contributed by atoms with van der Waals surface area (Å²) in [5.41, 5.74) is 5.62. The molecule has 1 rings (SSSR count). The third-order valence-electron chi connectivity index (χ3n) is 3.10. The number of hydrogen-bond donors (Lipinski definition) is 2. The number of unbranched alkanes of at least 4 members (excludes halogenated alkanes) is 3. The van der Waals surface area contributed by atoms with Crippen molar-refractivity contribution in [2.75, 3.05) is 19.6 Å². The minimum atomic E-state index is 0.117. The van der Waals surface area contributed by atoms with Gasteiger partial charge in [-0.2, -0.15) is 0 Å². The highest BCUT2D eigenvalue weighted by Gasteiger charge is 2.03. The van der Waals surface area contributed by atoms with E-state index in [1.165, 1.54) is 32.4 Å². The first-order valence-corrected chi connectivity index (χ1v) is 7.25. The molecule has 1 aliphatic rings. The van der Waals surface area contributed by atoms with Crippen LogP contribution in [0.5, 0.6) is 0 Å². The Morgan fingerprint density at radius 1 is 1.28 bits per heavy atom. The van der Waals surface area contributed by atoms with Gasteiger partial charge in [0.25, 0.3) is 0 Å². The average molecular weight is 253 g/mol. The Morgan fingerprint density at radius 3 is 2.83 bits per heavy atom. The summed E-state index contributed by atoms with van der Waals surface area (Å²) in [5.74, 6) is 0.117. The number of carbonyl (C=O) groups excluding carboxylic acids is 1. The second-order valence-electron chi connectivity index (χ2n) is 4.85. The highest BCUT2D eigenvalue weighted by atomic mass is 16.2. The fourth-order valence-corrected chi connectivity index (χ4v) is 2.03. The van der Waals surface area contributed by atoms with Crippen LogP contribution in [0.2, 0.25) is 0 Å². The van der Waals surface area contributed by atoms with E-state index in [1.807, 2.05) is 0 Å². The standard InChI is InChI=1S/C14H27N3O/c1-2-10-15-16-14(18)9-5-3-4-6-11-17-12-7-8-13-17/h7,12,15H,2-6,8-11,13H2,1H3,(H,16,18). The summed E-state index contributed by atoms with van der Waals surface area (Å²) in [4.78, 5) is 13.7. The molecule has 0 spiro atoms. The maximum Gasteiger partial charge on any atom is 0.234 e. The van der Waals surface area contributed by atoms with Crippen LogP contribution in [0.4, 0.5) is 0 Å². The third kappa shape index (κ3) is 7.33. The quantitative estimate of drug-likeness (QED) is 0.463. The van der Waals surface area contributed by atoms with Crippen molar-refractivity contribution in [3.63, 3.8) is 0 Å². The van der Waals surface area contributed by atoms with E-state index < -0.39 is 0 Å². The Morgan fingerprint density at radius 2 is 2.11 bits per heavy atom. The molecule has 0 radical (unpaired) electrons. The fraction of sp³-hybridized carbons (Fsp3) is 0.786. The summed E-state index contributed by atoms with van der Waals surface area (Å²) in [5, 5.41) is 0. The van der Waals surface area contributed by atoms with Gasteiger partial charge in [0.2, 0.25) is 5.91 Å². The van der Waals surface area contributed by atoms with Gasteiger partial charge >= 0.3 is 0 Å². The lowest BCUT2D eigenvalue weighted by Gasteiger charge is -2.14. The number of rotatable bonds is 10. The first kappa shape index (κ1) is 15.0. The normalized spacial score (nSPS) is 14.2. The number of carbonyl (C=O) groups is 1. The van der Waals surface area contributed by atoms with Crippen LogP contribution in [-0.4, -0.2) is 30.4 Å². The number of amides is 1. The molecule has 4 heteroatoms. The van der Waals surface area contributed by atoms with Crippen molar-refractivity contribution < 1.29 is 4.79 Å². The second kappa shape index (κ2) is 9.95. The van der Waals surface area contributed by atoms with Gasteiger partial charge in [0, 0.05) is 26.1 Å². The molecule has 0 atom stereocenters. The van der Waals surface area contributed by atoms with Crippen molar-refractivity contribution in [2.45, 2.75) is 51.9 Å². The third-order valence-corrected chi connectivity index (χ3v) is 3.10. The van der Waals surface area contributed by atoms with Crippen molar-refractivity contribution in [2.24, 2.45) is 0 Å². The van der Waals surface area contributed by atoms with Crippen LogP contribution in [0, 0.1) is 0 Å². The molecule has 1 heterocycles. The molecular weight excluding hydrogens is 226 g/mol. The van der Waals surface area contributed by atoms with Gasteiger partial charge in [0.1, 0.15) is 0 Å². The van der Waals surface area contributed by atoms with Crippen LogP contribution in [-0.2, 0) is 4.79 Å². The number of hydrazine groups is 1. The predicted molar refractivity (Wildman–Crippen MR) is 74.9 cm³/mol. The molecule has 0 aliphatic carbocycles. The SMILES string of the molecule is CCCNNC(=O)CCCCCCN1C=CCC1. The molecule has 0 saturated heterocycles. The van der Waals surface area contributed by atoms with E-state index in [0.717, 1.165) is 25.8 Å². The first-order chi connectivity index (χ1) is 8.83. The maximum atomic E-state index is 11.4. The molecule has 4 nitrogen and oxygen atoms in total. The molecule has 0 bridgehead atoms. The van der Waals surface area contributed by atoms with Crippen molar-refractivity contribution in [3.05, 3.63) is 12.3 Å². The van der Waals surface area contributed by atoms with Gasteiger partial charge in [0.15, 0.2) is 0 Å². The van der Waals surface area contributed by atoms with Crippen molar-refractivity contribution >= 4 is 5.91 Å². The molecule has 0 aromatic rings. The lowest BCUT2D eigenvalue weighted by Crippen LogP contribution is -2.37. The topological polar surface area (TPSA) is 44.4 Å². The van der Waals surface area contributed by atoms with Gasteiger partial charge in [-0.25, -0.2) is 5.43 Å². The van der Waals surface area contributed by atoms with Crippen LogP contribution in [0.3, 0.4) is 0 Å². The second-order valence-corrected chi connectivity index (χ2v) is 4.85. The molecule has 1 amide bonds. The lowest BCUT2D eigenvalue weighted by molar-refractivity contribution is -0.122. The number of hydrogen-bond acceptors (Lipinski definition) is 3. The van der Waals surface area contributed by atoms with Gasteiger partial charge in [-0.1, -0.05) is 25.8 Å². The molecule has 0 aromatic heterocycles. The van der Waals surface area contributed by atoms with Gasteiger partial charge in [-0.3, -0.25) is 10.2 Å². The zero-order valence-corrected chi connectivity index (χ0v) is 11.6. The summed E-state index contributed by atoms with van der Waals surface area (Å²) in [6.45, 7) is 5.27. The first-order valence-electron chi connectivity index (χ1n) is 7.25. The summed E-state index contributed by atoms with van der Waals surface area (Å²) >= 11 is 0. The highest BCUT2D eigenvalue weighted by molar-refractivity contribution is 5.75. The zero-order chi connectivity index (χ0) is 13.1. The van der Waals surface area contributed by atoms with E-state index in [1.54, 1.807) is 0 Å². The van der Waals surface area contributed by atoms with Crippen LogP contribution >= 0.6 is 0 Å². The van der Waals surface area contributed by atoms with E-state index >= 15 is 0 Å². The van der Waals surface area contributed by atoms with E-state index in [9.17, 15) is 4.79 Å². The molecule has 104 valence electrons. The smallest absolute Gasteiger partial charge is 0.234 e. The number of nitrogens with one attached hydrogen (secondary N) is 2. The van der Waals surface area contributed by atoms with Crippen LogP contribution in [0.1, 0.15) is 51.9 Å². The summed E-state index contributed by atoms with van der Waals surface area (Å²) < 4.78 is 0. The fourth-order valence-electron chi connectivity index (χ4n) is 2.03. The molecule has 1 aliphatic heterocycles. The van der Waals surface area contributed by atoms with Gasteiger partial charge < -0.3 is 4.90 Å². The van der Waals surface area contributed by atoms with E-state index in [2.05, 4.69) is 35.0 Å². The van der Waals surface area contributed by atoms with Gasteiger partial charge in [-0.05, 0) is 31.9 Å². The van der Waals surface area contributed by atoms with E-state index in [-0.39, 0.29) is 5.91 Å². The Bertz CT molecular complexity index is 253. The van der Waals surface area contributed by atoms with E-state index in [0.29, 0.717) is 6.42 Å². The molecule has 0 aromatic carbocycles. The molecule has 0 unspecified atom stereocenters. The molecule has 18 heavy (non-hydrogen) atoms. The largest absolute Gasteiger partial charge is 0.377 e. The minimum Gasteiger partial charge on any atom is -0.377 e. The molecule has 2 N–H and O–H groups in total. The van der Waals surface area contributed by atoms with E-state index in [4.69, 9.17) is 0 Å². The highest BCUT2D eigenvalue weighted by Crippen LogP contribution is 2.08. The van der Waals surface area contributed by atoms with Gasteiger partial charge in [0.05, 0.1) is 0 Å². The summed E-state index contributed by atoms with van der Waals surface area (Å²) in [7, 11) is 0. The monoisotopic (exact) mass is 253 g/mol. The molecule has 0 fully saturated rings. The van der Waals surface area contributed by atoms with Crippen LogP contribution < -0.4 is 10.9 Å². The Kier molecular flexibility index (Phi) is 8.30. The average Bonchev–Trinajstić information content (AvgIpc) is 2.87. The lowest BCUT2D eigenvalue weighted by atomic mass is 10.1. The molecular formula is C14H27N3O. The van der Waals surface area contributed by atoms with Crippen molar-refractivity contribution in [1.29, 1.82) is 0 Å². The number of nitrogens with zero attached hydrogens (tertiary/aromatic N) is 1. The maximum absolute atomic E-state index is 11.4. The Balaban J connectivity index is 1.82.